The first kappa shape index (κ1) is 21.7. The van der Waals surface area contributed by atoms with E-state index in [-0.39, 0.29) is 11.1 Å². The van der Waals surface area contributed by atoms with Gasteiger partial charge in [-0.3, -0.25) is 0 Å². The van der Waals surface area contributed by atoms with Gasteiger partial charge < -0.3 is 10.6 Å². The summed E-state index contributed by atoms with van der Waals surface area (Å²) in [4.78, 5) is 0. The van der Waals surface area contributed by atoms with Crippen molar-refractivity contribution >= 4 is 18.8 Å². The van der Waals surface area contributed by atoms with Crippen LogP contribution in [0, 0.1) is 0 Å². The first-order valence-electron chi connectivity index (χ1n) is 6.31. The summed E-state index contributed by atoms with van der Waals surface area (Å²) < 4.78 is 3.97. The Morgan fingerprint density at radius 3 is 1.47 bits per heavy atom. The molecular formula is C13H27Cl2N3W-2. The minimum absolute atomic E-state index is 0.00387. The first-order valence-corrected chi connectivity index (χ1v) is 14.9. The molecule has 116 valence electrons. The van der Waals surface area contributed by atoms with Crippen LogP contribution in [-0.4, -0.2) is 17.6 Å². The van der Waals surface area contributed by atoms with Gasteiger partial charge in [0.25, 0.3) is 0 Å². The summed E-state index contributed by atoms with van der Waals surface area (Å²) in [5.74, 6) is 0. The summed E-state index contributed by atoms with van der Waals surface area (Å²) in [6.45, 7) is 15.3. The summed E-state index contributed by atoms with van der Waals surface area (Å²) in [6.07, 6.45) is 4.60. The molecule has 0 atom stereocenters. The SMILES string of the molecule is CC(C)(C)[N-]/C=C\[N-]C(C)(C)C.CCC[N]=[W]([Cl])[Cl]. The maximum absolute atomic E-state index is 5.45. The Kier molecular flexibility index (Phi) is 12.7. The summed E-state index contributed by atoms with van der Waals surface area (Å²) in [7, 11) is 10.9. The van der Waals surface area contributed by atoms with Crippen molar-refractivity contribution in [1.82, 2.24) is 0 Å². The Morgan fingerprint density at radius 1 is 0.947 bits per heavy atom. The monoisotopic (exact) mass is 479 g/mol. The van der Waals surface area contributed by atoms with Gasteiger partial charge in [0.2, 0.25) is 0 Å². The second-order valence-electron chi connectivity index (χ2n) is 5.95. The summed E-state index contributed by atoms with van der Waals surface area (Å²) in [5.41, 5.74) is 0.00775. The number of hydrogen-bond acceptors (Lipinski definition) is 1. The fraction of sp³-hybridized carbons (Fsp3) is 0.846. The van der Waals surface area contributed by atoms with Crippen LogP contribution >= 0.6 is 18.8 Å². The number of rotatable bonds is 4. The van der Waals surface area contributed by atoms with Gasteiger partial charge in [-0.05, 0) is 0 Å². The third kappa shape index (κ3) is 27.6. The van der Waals surface area contributed by atoms with Crippen LogP contribution in [-0.2, 0) is 15.0 Å². The molecule has 0 N–H and O–H groups in total. The predicted molar refractivity (Wildman–Crippen MR) is 84.7 cm³/mol. The van der Waals surface area contributed by atoms with Crippen molar-refractivity contribution in [3.8, 4) is 0 Å². The van der Waals surface area contributed by atoms with E-state index in [0.717, 1.165) is 13.0 Å². The second kappa shape index (κ2) is 11.1. The van der Waals surface area contributed by atoms with Crippen molar-refractivity contribution < 1.29 is 15.0 Å². The fourth-order valence-corrected chi connectivity index (χ4v) is 2.96. The van der Waals surface area contributed by atoms with E-state index >= 15 is 0 Å². The van der Waals surface area contributed by atoms with E-state index in [1.807, 2.05) is 0 Å². The first-order chi connectivity index (χ1) is 8.48. The molecule has 0 aliphatic heterocycles. The number of halogens is 2. The van der Waals surface area contributed by atoms with Gasteiger partial charge in [-0.1, -0.05) is 41.5 Å². The van der Waals surface area contributed by atoms with Gasteiger partial charge in [-0.15, -0.1) is 11.1 Å². The van der Waals surface area contributed by atoms with Crippen LogP contribution in [0.5, 0.6) is 0 Å². The zero-order valence-electron chi connectivity index (χ0n) is 13.1. The molecule has 3 nitrogen and oxygen atoms in total. The van der Waals surface area contributed by atoms with Gasteiger partial charge in [0.1, 0.15) is 0 Å². The van der Waals surface area contributed by atoms with Crippen LogP contribution < -0.4 is 0 Å². The van der Waals surface area contributed by atoms with E-state index in [9.17, 15) is 0 Å². The van der Waals surface area contributed by atoms with Gasteiger partial charge in [-0.2, -0.15) is 0 Å². The molecule has 0 spiro atoms. The molecule has 0 aromatic carbocycles. The molecule has 0 aromatic heterocycles. The quantitative estimate of drug-likeness (QED) is 0.453. The zero-order chi connectivity index (χ0) is 15.5. The van der Waals surface area contributed by atoms with E-state index in [4.69, 9.17) is 18.8 Å². The van der Waals surface area contributed by atoms with Gasteiger partial charge >= 0.3 is 57.3 Å². The normalized spacial score (nSPS) is 12.1. The molecule has 0 aliphatic carbocycles. The van der Waals surface area contributed by atoms with Crippen LogP contribution in [0.3, 0.4) is 0 Å². The van der Waals surface area contributed by atoms with Gasteiger partial charge in [0.05, 0.1) is 0 Å². The van der Waals surface area contributed by atoms with Crippen molar-refractivity contribution in [1.29, 1.82) is 0 Å². The molecule has 0 heterocycles. The van der Waals surface area contributed by atoms with Crippen LogP contribution in [0.4, 0.5) is 0 Å². The van der Waals surface area contributed by atoms with Crippen molar-refractivity contribution in [2.45, 2.75) is 66.0 Å². The molecular weight excluding hydrogens is 453 g/mol. The van der Waals surface area contributed by atoms with Crippen LogP contribution in [0.15, 0.2) is 15.9 Å². The van der Waals surface area contributed by atoms with Crippen LogP contribution in [0.2, 0.25) is 0 Å². The third-order valence-corrected chi connectivity index (χ3v) is 4.36. The Hall–Kier alpha value is 0.408. The van der Waals surface area contributed by atoms with Crippen LogP contribution in [0.25, 0.3) is 10.6 Å². The van der Waals surface area contributed by atoms with E-state index in [0.29, 0.717) is 0 Å². The molecule has 19 heavy (non-hydrogen) atoms. The van der Waals surface area contributed by atoms with Crippen LogP contribution in [0.1, 0.15) is 54.9 Å². The molecule has 0 saturated heterocycles. The Morgan fingerprint density at radius 2 is 1.32 bits per heavy atom. The minimum atomic E-state index is -2.06. The maximum atomic E-state index is 5.45. The average molecular weight is 480 g/mol. The van der Waals surface area contributed by atoms with E-state index in [1.165, 1.54) is 0 Å². The summed E-state index contributed by atoms with van der Waals surface area (Å²) in [5, 5.41) is 8.57. The van der Waals surface area contributed by atoms with Gasteiger partial charge in [0, 0.05) is 0 Å². The predicted octanol–water partition coefficient (Wildman–Crippen LogP) is 6.31. The van der Waals surface area contributed by atoms with E-state index < -0.39 is 15.0 Å². The van der Waals surface area contributed by atoms with Gasteiger partial charge in [-0.25, -0.2) is 12.4 Å². The molecule has 6 heteroatoms. The van der Waals surface area contributed by atoms with Gasteiger partial charge in [0.15, 0.2) is 0 Å². The second-order valence-corrected chi connectivity index (χ2v) is 14.4. The summed E-state index contributed by atoms with van der Waals surface area (Å²) in [6, 6.07) is 0. The topological polar surface area (TPSA) is 40.6 Å². The average Bonchev–Trinajstić information content (AvgIpc) is 2.20. The summed E-state index contributed by atoms with van der Waals surface area (Å²) >= 11 is -2.06. The zero-order valence-corrected chi connectivity index (χ0v) is 17.5. The molecule has 0 rings (SSSR count). The molecule has 0 unspecified atom stereocenters. The van der Waals surface area contributed by atoms with Crippen molar-refractivity contribution in [2.75, 3.05) is 6.54 Å². The third-order valence-electron chi connectivity index (χ3n) is 1.40. The van der Waals surface area contributed by atoms with Crippen molar-refractivity contribution in [2.24, 2.45) is 3.50 Å². The van der Waals surface area contributed by atoms with E-state index in [2.05, 4.69) is 62.6 Å². The van der Waals surface area contributed by atoms with Crippen molar-refractivity contribution in [3.05, 3.63) is 23.0 Å². The van der Waals surface area contributed by atoms with E-state index in [1.54, 1.807) is 12.4 Å². The Balaban J connectivity index is 0. The molecule has 0 saturated carbocycles. The molecule has 0 amide bonds. The number of nitrogens with zero attached hydrogens (tertiary/aromatic N) is 3. The fourth-order valence-electron chi connectivity index (χ4n) is 0.674. The van der Waals surface area contributed by atoms with Crippen molar-refractivity contribution in [3.63, 3.8) is 0 Å². The molecule has 0 aromatic rings. The molecule has 0 fully saturated rings. The number of hydrogen-bond donors (Lipinski definition) is 0. The standard InChI is InChI=1S/C10H20N2.C3H7N.2ClH.W/c1-9(2,3)11-7-8-12-10(4,5)6;1-2-3-4;;;/h7-8H,1-6H3;2-3H2,1H3;2*1H;/q-2;;;;+2/p-2/b8-7-;;;;. The molecule has 0 aliphatic rings. The Labute approximate surface area is 132 Å². The Bertz CT molecular complexity index is 257. The molecule has 0 bridgehead atoms. The molecule has 0 radical (unpaired) electrons.